The van der Waals surface area contributed by atoms with E-state index in [-0.39, 0.29) is 11.6 Å². The molecule has 2 aromatic carbocycles. The van der Waals surface area contributed by atoms with Crippen LogP contribution < -0.4 is 0 Å². The maximum absolute atomic E-state index is 12.7. The zero-order valence-electron chi connectivity index (χ0n) is 12.2. The fraction of sp³-hybridized carbons (Fsp3) is 0.118. The van der Waals surface area contributed by atoms with E-state index in [0.29, 0.717) is 16.5 Å². The van der Waals surface area contributed by atoms with Gasteiger partial charge in [0.05, 0.1) is 10.4 Å². The van der Waals surface area contributed by atoms with Crippen molar-refractivity contribution in [3.8, 4) is 0 Å². The van der Waals surface area contributed by atoms with Gasteiger partial charge in [0.25, 0.3) is 11.6 Å². The molecular formula is C17H14N2O3. The van der Waals surface area contributed by atoms with Gasteiger partial charge in [0.15, 0.2) is 0 Å². The van der Waals surface area contributed by atoms with E-state index >= 15 is 0 Å². The van der Waals surface area contributed by atoms with Crippen molar-refractivity contribution in [3.05, 3.63) is 75.5 Å². The molecule has 0 N–H and O–H groups in total. The second kappa shape index (κ2) is 5.11. The first kappa shape index (κ1) is 14.0. The van der Waals surface area contributed by atoms with E-state index in [9.17, 15) is 14.9 Å². The lowest BCUT2D eigenvalue weighted by Gasteiger charge is -2.06. The molecule has 0 bridgehead atoms. The molecule has 22 heavy (non-hydrogen) atoms. The second-order valence-electron chi connectivity index (χ2n) is 5.37. The Balaban J connectivity index is 2.10. The lowest BCUT2D eigenvalue weighted by molar-refractivity contribution is -0.384. The summed E-state index contributed by atoms with van der Waals surface area (Å²) >= 11 is 0. The van der Waals surface area contributed by atoms with Gasteiger partial charge in [0.2, 0.25) is 0 Å². The fourth-order valence-electron chi connectivity index (χ4n) is 2.66. The molecule has 0 spiro atoms. The fourth-order valence-corrected chi connectivity index (χ4v) is 2.66. The van der Waals surface area contributed by atoms with Crippen LogP contribution in [0.1, 0.15) is 21.5 Å². The van der Waals surface area contributed by atoms with Gasteiger partial charge in [-0.2, -0.15) is 0 Å². The Morgan fingerprint density at radius 3 is 2.36 bits per heavy atom. The number of aromatic nitrogens is 1. The topological polar surface area (TPSA) is 65.1 Å². The monoisotopic (exact) mass is 294 g/mol. The second-order valence-corrected chi connectivity index (χ2v) is 5.37. The van der Waals surface area contributed by atoms with E-state index in [1.165, 1.54) is 16.7 Å². The summed E-state index contributed by atoms with van der Waals surface area (Å²) in [4.78, 5) is 23.0. The van der Waals surface area contributed by atoms with Crippen LogP contribution in [0.2, 0.25) is 0 Å². The van der Waals surface area contributed by atoms with Crippen LogP contribution in [0.25, 0.3) is 10.9 Å². The maximum atomic E-state index is 12.7. The van der Waals surface area contributed by atoms with Crippen molar-refractivity contribution < 1.29 is 9.72 Å². The van der Waals surface area contributed by atoms with Gasteiger partial charge >= 0.3 is 0 Å². The summed E-state index contributed by atoms with van der Waals surface area (Å²) in [5.74, 6) is -0.143. The molecule has 0 atom stereocenters. The highest BCUT2D eigenvalue weighted by atomic mass is 16.6. The van der Waals surface area contributed by atoms with Gasteiger partial charge in [0.1, 0.15) is 0 Å². The van der Waals surface area contributed by atoms with Gasteiger partial charge in [-0.3, -0.25) is 19.5 Å². The highest BCUT2D eigenvalue weighted by molar-refractivity contribution is 6.02. The molecule has 0 amide bonds. The third-order valence-electron chi connectivity index (χ3n) is 3.57. The van der Waals surface area contributed by atoms with E-state index in [0.717, 1.165) is 11.1 Å². The summed E-state index contributed by atoms with van der Waals surface area (Å²) < 4.78 is 1.52. The standard InChI is InChI=1S/C17H14N2O3/c1-11-7-12(2)9-14(8-11)17(20)18-6-5-13-10-15(19(21)22)3-4-16(13)18/h3-10H,1-2H3. The molecule has 0 unspecified atom stereocenters. The summed E-state index contributed by atoms with van der Waals surface area (Å²) in [5.41, 5.74) is 3.33. The lowest BCUT2D eigenvalue weighted by atomic mass is 10.1. The quantitative estimate of drug-likeness (QED) is 0.532. The van der Waals surface area contributed by atoms with Gasteiger partial charge < -0.3 is 0 Å². The number of rotatable bonds is 2. The van der Waals surface area contributed by atoms with Crippen LogP contribution in [0, 0.1) is 24.0 Å². The van der Waals surface area contributed by atoms with Gasteiger partial charge in [-0.05, 0) is 38.1 Å². The molecule has 0 aliphatic carbocycles. The number of carbonyl (C=O) groups excluding carboxylic acids is 1. The SMILES string of the molecule is Cc1cc(C)cc(C(=O)n2ccc3cc([N+](=O)[O-])ccc32)c1. The number of aryl methyl sites for hydroxylation is 2. The Kier molecular flexibility index (Phi) is 3.25. The molecule has 1 heterocycles. The number of benzene rings is 2. The smallest absolute Gasteiger partial charge is 0.270 e. The van der Waals surface area contributed by atoms with Crippen molar-refractivity contribution in [2.24, 2.45) is 0 Å². The van der Waals surface area contributed by atoms with Crippen LogP contribution in [-0.4, -0.2) is 15.4 Å². The number of nitro groups is 1. The zero-order chi connectivity index (χ0) is 15.9. The maximum Gasteiger partial charge on any atom is 0.270 e. The van der Waals surface area contributed by atoms with Crippen molar-refractivity contribution in [1.82, 2.24) is 4.57 Å². The minimum atomic E-state index is -0.442. The number of nitrogens with zero attached hydrogens (tertiary/aromatic N) is 2. The van der Waals surface area contributed by atoms with Crippen LogP contribution in [0.3, 0.4) is 0 Å². The van der Waals surface area contributed by atoms with Crippen LogP contribution in [0.15, 0.2) is 48.7 Å². The molecule has 0 aliphatic rings. The minimum Gasteiger partial charge on any atom is -0.283 e. The Labute approximate surface area is 126 Å². The van der Waals surface area contributed by atoms with Gasteiger partial charge in [-0.1, -0.05) is 17.2 Å². The lowest BCUT2D eigenvalue weighted by Crippen LogP contribution is -2.11. The molecule has 5 heteroatoms. The van der Waals surface area contributed by atoms with Gasteiger partial charge in [0, 0.05) is 29.3 Å². The van der Waals surface area contributed by atoms with Gasteiger partial charge in [-0.25, -0.2) is 0 Å². The van der Waals surface area contributed by atoms with Crippen molar-refractivity contribution in [3.63, 3.8) is 0 Å². The van der Waals surface area contributed by atoms with Crippen LogP contribution in [0.4, 0.5) is 5.69 Å². The van der Waals surface area contributed by atoms with Crippen molar-refractivity contribution in [2.45, 2.75) is 13.8 Å². The number of nitro benzene ring substituents is 1. The van der Waals surface area contributed by atoms with Crippen molar-refractivity contribution in [1.29, 1.82) is 0 Å². The Hall–Kier alpha value is -2.95. The van der Waals surface area contributed by atoms with Crippen LogP contribution >= 0.6 is 0 Å². The summed E-state index contributed by atoms with van der Waals surface area (Å²) in [6, 6.07) is 11.9. The Bertz CT molecular complexity index is 889. The largest absolute Gasteiger partial charge is 0.283 e. The van der Waals surface area contributed by atoms with Crippen LogP contribution in [-0.2, 0) is 0 Å². The van der Waals surface area contributed by atoms with E-state index in [1.807, 2.05) is 32.0 Å². The third-order valence-corrected chi connectivity index (χ3v) is 3.57. The molecule has 0 aliphatic heterocycles. The van der Waals surface area contributed by atoms with E-state index in [4.69, 9.17) is 0 Å². The molecule has 0 saturated heterocycles. The average Bonchev–Trinajstić information content (AvgIpc) is 2.88. The molecule has 5 nitrogen and oxygen atoms in total. The summed E-state index contributed by atoms with van der Waals surface area (Å²) in [5, 5.41) is 11.5. The minimum absolute atomic E-state index is 0.0177. The number of hydrogen-bond donors (Lipinski definition) is 0. The van der Waals surface area contributed by atoms with Gasteiger partial charge in [-0.15, -0.1) is 0 Å². The first-order valence-electron chi connectivity index (χ1n) is 6.84. The summed E-state index contributed by atoms with van der Waals surface area (Å²) in [7, 11) is 0. The number of hydrogen-bond acceptors (Lipinski definition) is 3. The zero-order valence-corrected chi connectivity index (χ0v) is 12.2. The molecule has 1 aromatic heterocycles. The molecule has 3 rings (SSSR count). The highest BCUT2D eigenvalue weighted by Gasteiger charge is 2.14. The molecule has 0 radical (unpaired) electrons. The van der Waals surface area contributed by atoms with E-state index in [2.05, 4.69) is 0 Å². The van der Waals surface area contributed by atoms with E-state index < -0.39 is 4.92 Å². The van der Waals surface area contributed by atoms with Crippen LogP contribution in [0.5, 0.6) is 0 Å². The van der Waals surface area contributed by atoms with Crippen molar-refractivity contribution in [2.75, 3.05) is 0 Å². The van der Waals surface area contributed by atoms with Crippen molar-refractivity contribution >= 4 is 22.5 Å². The normalized spacial score (nSPS) is 10.8. The summed E-state index contributed by atoms with van der Waals surface area (Å²) in [6.45, 7) is 3.89. The molecular weight excluding hydrogens is 280 g/mol. The Morgan fingerprint density at radius 1 is 1.05 bits per heavy atom. The molecule has 0 fully saturated rings. The highest BCUT2D eigenvalue weighted by Crippen LogP contribution is 2.23. The first-order valence-corrected chi connectivity index (χ1v) is 6.84. The van der Waals surface area contributed by atoms with E-state index in [1.54, 1.807) is 18.3 Å². The third kappa shape index (κ3) is 2.37. The predicted molar refractivity (Wildman–Crippen MR) is 84.2 cm³/mol. The number of non-ortho nitro benzene ring substituents is 1. The first-order chi connectivity index (χ1) is 10.5. The molecule has 0 saturated carbocycles. The molecule has 3 aromatic rings. The summed E-state index contributed by atoms with van der Waals surface area (Å²) in [6.07, 6.45) is 1.65. The number of fused-ring (bicyclic) bond motifs is 1. The molecule has 110 valence electrons. The average molecular weight is 294 g/mol. The number of carbonyl (C=O) groups is 1. The Morgan fingerprint density at radius 2 is 1.73 bits per heavy atom. The predicted octanol–water partition coefficient (Wildman–Crippen LogP) is 3.85.